The Morgan fingerprint density at radius 3 is 3.00 bits per heavy atom. The fraction of sp³-hybridized carbons (Fsp3) is 0.200. The van der Waals surface area contributed by atoms with Gasteiger partial charge in [0.15, 0.2) is 0 Å². The van der Waals surface area contributed by atoms with Crippen molar-refractivity contribution in [2.24, 2.45) is 0 Å². The standard InChI is InChI=1S/C10H8BrClN2/c11-8-2-1-7-6-13-10(3-4-12)14-9(7)5-8/h1-2,5-6H,3-4H2. The normalized spacial score (nSPS) is 10.7. The highest BCUT2D eigenvalue weighted by molar-refractivity contribution is 9.10. The van der Waals surface area contributed by atoms with E-state index >= 15 is 0 Å². The van der Waals surface area contributed by atoms with Crippen LogP contribution < -0.4 is 0 Å². The smallest absolute Gasteiger partial charge is 0.130 e. The highest BCUT2D eigenvalue weighted by Gasteiger charge is 1.99. The Hall–Kier alpha value is -0.670. The minimum Gasteiger partial charge on any atom is -0.241 e. The third-order valence-corrected chi connectivity index (χ3v) is 2.59. The second kappa shape index (κ2) is 4.24. The van der Waals surface area contributed by atoms with Crippen molar-refractivity contribution in [1.82, 2.24) is 9.97 Å². The van der Waals surface area contributed by atoms with Gasteiger partial charge in [-0.3, -0.25) is 0 Å². The van der Waals surface area contributed by atoms with Gasteiger partial charge < -0.3 is 0 Å². The minimum absolute atomic E-state index is 0.555. The van der Waals surface area contributed by atoms with E-state index in [2.05, 4.69) is 25.9 Å². The molecule has 0 amide bonds. The lowest BCUT2D eigenvalue weighted by Gasteiger charge is -2.00. The minimum atomic E-state index is 0.555. The van der Waals surface area contributed by atoms with Crippen LogP contribution in [0.15, 0.2) is 28.9 Å². The molecular weight excluding hydrogens is 263 g/mol. The zero-order valence-corrected chi connectivity index (χ0v) is 9.72. The quantitative estimate of drug-likeness (QED) is 0.784. The molecule has 0 spiro atoms. The molecule has 2 aromatic rings. The lowest BCUT2D eigenvalue weighted by atomic mass is 10.2. The maximum absolute atomic E-state index is 5.63. The van der Waals surface area contributed by atoms with Crippen LogP contribution in [0.5, 0.6) is 0 Å². The van der Waals surface area contributed by atoms with E-state index in [1.54, 1.807) is 0 Å². The van der Waals surface area contributed by atoms with Crippen molar-refractivity contribution in [2.45, 2.75) is 6.42 Å². The molecule has 14 heavy (non-hydrogen) atoms. The molecule has 0 unspecified atom stereocenters. The summed E-state index contributed by atoms with van der Waals surface area (Å²) in [5.74, 6) is 1.35. The zero-order chi connectivity index (χ0) is 9.97. The lowest BCUT2D eigenvalue weighted by Crippen LogP contribution is -1.95. The summed E-state index contributed by atoms with van der Waals surface area (Å²) in [4.78, 5) is 8.62. The molecule has 0 saturated carbocycles. The van der Waals surface area contributed by atoms with Crippen LogP contribution in [-0.2, 0) is 6.42 Å². The molecule has 0 bridgehead atoms. The molecule has 0 aliphatic rings. The molecule has 2 rings (SSSR count). The largest absolute Gasteiger partial charge is 0.241 e. The maximum Gasteiger partial charge on any atom is 0.130 e. The third kappa shape index (κ3) is 2.04. The first-order valence-electron chi connectivity index (χ1n) is 4.27. The average Bonchev–Trinajstić information content (AvgIpc) is 2.17. The van der Waals surface area contributed by atoms with E-state index in [9.17, 15) is 0 Å². The molecule has 0 saturated heterocycles. The van der Waals surface area contributed by atoms with Crippen LogP contribution in [0.2, 0.25) is 0 Å². The third-order valence-electron chi connectivity index (χ3n) is 1.91. The molecule has 1 aromatic heterocycles. The van der Waals surface area contributed by atoms with Crippen LogP contribution in [0.1, 0.15) is 5.82 Å². The number of halogens is 2. The van der Waals surface area contributed by atoms with Gasteiger partial charge in [-0.25, -0.2) is 9.97 Å². The topological polar surface area (TPSA) is 25.8 Å². The summed E-state index contributed by atoms with van der Waals surface area (Å²) in [6.07, 6.45) is 2.54. The van der Waals surface area contributed by atoms with E-state index in [1.165, 1.54) is 0 Å². The van der Waals surface area contributed by atoms with Gasteiger partial charge in [0.05, 0.1) is 5.52 Å². The highest BCUT2D eigenvalue weighted by Crippen LogP contribution is 2.17. The number of aryl methyl sites for hydroxylation is 1. The number of rotatable bonds is 2. The van der Waals surface area contributed by atoms with Gasteiger partial charge in [-0.1, -0.05) is 22.0 Å². The number of fused-ring (bicyclic) bond motifs is 1. The van der Waals surface area contributed by atoms with Crippen molar-refractivity contribution in [3.05, 3.63) is 34.7 Å². The Balaban J connectivity index is 2.52. The molecule has 2 nitrogen and oxygen atoms in total. The molecule has 0 fully saturated rings. The first-order valence-corrected chi connectivity index (χ1v) is 5.59. The van der Waals surface area contributed by atoms with Crippen molar-refractivity contribution in [3.63, 3.8) is 0 Å². The van der Waals surface area contributed by atoms with E-state index in [0.29, 0.717) is 12.3 Å². The number of hydrogen-bond donors (Lipinski definition) is 0. The van der Waals surface area contributed by atoms with Gasteiger partial charge >= 0.3 is 0 Å². The van der Waals surface area contributed by atoms with E-state index in [4.69, 9.17) is 11.6 Å². The summed E-state index contributed by atoms with van der Waals surface area (Å²) >= 11 is 9.04. The zero-order valence-electron chi connectivity index (χ0n) is 7.37. The van der Waals surface area contributed by atoms with E-state index < -0.39 is 0 Å². The number of benzene rings is 1. The number of alkyl halides is 1. The first kappa shape index (κ1) is 9.87. The number of aromatic nitrogens is 2. The van der Waals surface area contributed by atoms with Gasteiger partial charge in [-0.15, -0.1) is 11.6 Å². The Labute approximate surface area is 95.5 Å². The monoisotopic (exact) mass is 270 g/mol. The predicted octanol–water partition coefficient (Wildman–Crippen LogP) is 3.17. The molecule has 4 heteroatoms. The second-order valence-electron chi connectivity index (χ2n) is 2.93. The van der Waals surface area contributed by atoms with Crippen LogP contribution >= 0.6 is 27.5 Å². The van der Waals surface area contributed by atoms with Crippen molar-refractivity contribution in [2.75, 3.05) is 5.88 Å². The Kier molecular flexibility index (Phi) is 2.99. The molecule has 1 heterocycles. The summed E-state index contributed by atoms with van der Waals surface area (Å²) in [5.41, 5.74) is 0.953. The predicted molar refractivity (Wildman–Crippen MR) is 61.7 cm³/mol. The summed E-state index contributed by atoms with van der Waals surface area (Å²) in [5, 5.41) is 1.05. The van der Waals surface area contributed by atoms with Crippen molar-refractivity contribution >= 4 is 38.4 Å². The molecule has 0 atom stereocenters. The second-order valence-corrected chi connectivity index (χ2v) is 4.22. The summed E-state index contributed by atoms with van der Waals surface area (Å²) in [7, 11) is 0. The summed E-state index contributed by atoms with van der Waals surface area (Å²) in [6, 6.07) is 5.95. The Morgan fingerprint density at radius 1 is 1.36 bits per heavy atom. The highest BCUT2D eigenvalue weighted by atomic mass is 79.9. The molecule has 0 N–H and O–H groups in total. The van der Waals surface area contributed by atoms with Crippen molar-refractivity contribution < 1.29 is 0 Å². The SMILES string of the molecule is ClCCc1ncc2ccc(Br)cc2n1. The molecule has 0 aliphatic heterocycles. The van der Waals surface area contributed by atoms with E-state index in [1.807, 2.05) is 24.4 Å². The van der Waals surface area contributed by atoms with Crippen molar-refractivity contribution in [3.8, 4) is 0 Å². The van der Waals surface area contributed by atoms with E-state index in [-0.39, 0.29) is 0 Å². The van der Waals surface area contributed by atoms with E-state index in [0.717, 1.165) is 21.2 Å². The van der Waals surface area contributed by atoms with Gasteiger partial charge in [0.25, 0.3) is 0 Å². The van der Waals surface area contributed by atoms with Crippen LogP contribution in [0.25, 0.3) is 10.9 Å². The van der Waals surface area contributed by atoms with Gasteiger partial charge in [0, 0.05) is 28.4 Å². The maximum atomic E-state index is 5.63. The number of nitrogens with zero attached hydrogens (tertiary/aromatic N) is 2. The van der Waals surface area contributed by atoms with Crippen molar-refractivity contribution in [1.29, 1.82) is 0 Å². The van der Waals surface area contributed by atoms with Crippen LogP contribution in [0, 0.1) is 0 Å². The molecule has 72 valence electrons. The summed E-state index contributed by atoms with van der Waals surface area (Å²) < 4.78 is 1.03. The fourth-order valence-electron chi connectivity index (χ4n) is 1.24. The average molecular weight is 272 g/mol. The Morgan fingerprint density at radius 2 is 2.21 bits per heavy atom. The van der Waals surface area contributed by atoms with Crippen LogP contribution in [0.3, 0.4) is 0 Å². The van der Waals surface area contributed by atoms with Gasteiger partial charge in [0.1, 0.15) is 5.82 Å². The van der Waals surface area contributed by atoms with Crippen LogP contribution in [-0.4, -0.2) is 15.8 Å². The number of hydrogen-bond acceptors (Lipinski definition) is 2. The molecular formula is C10H8BrClN2. The van der Waals surface area contributed by atoms with Gasteiger partial charge in [0.2, 0.25) is 0 Å². The van der Waals surface area contributed by atoms with Crippen LogP contribution in [0.4, 0.5) is 0 Å². The molecule has 0 aliphatic carbocycles. The lowest BCUT2D eigenvalue weighted by molar-refractivity contribution is 0.966. The van der Waals surface area contributed by atoms with Gasteiger partial charge in [-0.2, -0.15) is 0 Å². The van der Waals surface area contributed by atoms with Gasteiger partial charge in [-0.05, 0) is 12.1 Å². The fourth-order valence-corrected chi connectivity index (χ4v) is 1.76. The molecule has 0 radical (unpaired) electrons. The molecule has 1 aromatic carbocycles. The first-order chi connectivity index (χ1) is 6.79. The summed E-state index contributed by atoms with van der Waals surface area (Å²) in [6.45, 7) is 0. The Bertz CT molecular complexity index is 459.